The molecule has 30 heavy (non-hydrogen) atoms. The van der Waals surface area contributed by atoms with Gasteiger partial charge in [-0.05, 0) is 63.8 Å². The lowest BCUT2D eigenvalue weighted by Crippen LogP contribution is -2.04. The number of hydrogen-bond acceptors (Lipinski definition) is 4. The number of hydrogen-bond donors (Lipinski definition) is 4. The minimum atomic E-state index is -1.37. The number of carbonyl (C=O) groups is 2. The smallest absolute Gasteiger partial charge is 0.340 e. The number of rotatable bonds is 8. The van der Waals surface area contributed by atoms with E-state index < -0.39 is 17.7 Å². The van der Waals surface area contributed by atoms with Crippen LogP contribution in [0.5, 0.6) is 11.5 Å². The minimum absolute atomic E-state index is 0.0261. The van der Waals surface area contributed by atoms with Crippen LogP contribution in [0.25, 0.3) is 11.1 Å². The molecule has 6 nitrogen and oxygen atoms in total. The normalized spacial score (nSPS) is 11.2. The van der Waals surface area contributed by atoms with Crippen molar-refractivity contribution in [2.75, 3.05) is 0 Å². The van der Waals surface area contributed by atoms with Gasteiger partial charge in [0, 0.05) is 11.1 Å². The van der Waals surface area contributed by atoms with Crippen LogP contribution < -0.4 is 0 Å². The highest BCUT2D eigenvalue weighted by Crippen LogP contribution is 2.39. The molecule has 0 saturated carbocycles. The number of aromatic carboxylic acids is 2. The Morgan fingerprint density at radius 1 is 0.967 bits per heavy atom. The van der Waals surface area contributed by atoms with Crippen LogP contribution >= 0.6 is 0 Å². The molecular formula is C24H26O6. The van der Waals surface area contributed by atoms with Gasteiger partial charge in [-0.25, -0.2) is 9.59 Å². The Labute approximate surface area is 175 Å². The Bertz CT molecular complexity index is 1030. The van der Waals surface area contributed by atoms with Crippen LogP contribution in [0, 0.1) is 0 Å². The van der Waals surface area contributed by atoms with Crippen LogP contribution in [0.2, 0.25) is 0 Å². The van der Waals surface area contributed by atoms with Gasteiger partial charge in [0.15, 0.2) is 0 Å². The second-order valence-corrected chi connectivity index (χ2v) is 7.41. The number of carboxylic acids is 2. The zero-order valence-corrected chi connectivity index (χ0v) is 17.3. The van der Waals surface area contributed by atoms with Gasteiger partial charge >= 0.3 is 11.9 Å². The molecule has 0 amide bonds. The molecule has 4 N–H and O–H groups in total. The largest absolute Gasteiger partial charge is 0.507 e. The summed E-state index contributed by atoms with van der Waals surface area (Å²) in [5, 5.41) is 39.9. The maximum absolute atomic E-state index is 11.9. The summed E-state index contributed by atoms with van der Waals surface area (Å²) in [5.41, 5.74) is 2.33. The second-order valence-electron chi connectivity index (χ2n) is 7.41. The molecular weight excluding hydrogens is 384 g/mol. The fourth-order valence-electron chi connectivity index (χ4n) is 3.13. The number of aromatic hydroxyl groups is 2. The Hall–Kier alpha value is -3.54. The third kappa shape index (κ3) is 5.50. The number of phenols is 2. The van der Waals surface area contributed by atoms with Crippen molar-refractivity contribution in [2.24, 2.45) is 0 Å². The zero-order chi connectivity index (χ0) is 22.4. The molecule has 0 aromatic heterocycles. The van der Waals surface area contributed by atoms with Gasteiger partial charge < -0.3 is 20.4 Å². The average molecular weight is 410 g/mol. The summed E-state index contributed by atoms with van der Waals surface area (Å²) in [5.74, 6) is -3.30. The molecule has 2 aromatic carbocycles. The molecule has 0 atom stereocenters. The van der Waals surface area contributed by atoms with Gasteiger partial charge in [0.1, 0.15) is 17.1 Å². The van der Waals surface area contributed by atoms with Gasteiger partial charge in [-0.2, -0.15) is 0 Å². The van der Waals surface area contributed by atoms with E-state index in [2.05, 4.69) is 6.08 Å². The molecule has 0 radical (unpaired) electrons. The summed E-state index contributed by atoms with van der Waals surface area (Å²) in [6.07, 6.45) is 5.84. The highest BCUT2D eigenvalue weighted by molar-refractivity contribution is 6.01. The van der Waals surface area contributed by atoms with Gasteiger partial charge in [0.2, 0.25) is 0 Å². The number of benzene rings is 2. The Kier molecular flexibility index (Phi) is 7.42. The van der Waals surface area contributed by atoms with Gasteiger partial charge in [0.05, 0.1) is 5.56 Å². The van der Waals surface area contributed by atoms with E-state index in [0.29, 0.717) is 0 Å². The Balaban J connectivity index is 2.46. The minimum Gasteiger partial charge on any atom is -0.507 e. The van der Waals surface area contributed by atoms with Gasteiger partial charge in [-0.3, -0.25) is 0 Å². The van der Waals surface area contributed by atoms with Gasteiger partial charge in [0.25, 0.3) is 0 Å². The lowest BCUT2D eigenvalue weighted by Gasteiger charge is -2.14. The lowest BCUT2D eigenvalue weighted by molar-refractivity contribution is 0.0685. The highest BCUT2D eigenvalue weighted by Gasteiger charge is 2.23. The number of phenolic OH excluding ortho intramolecular Hbond substituents is 1. The lowest BCUT2D eigenvalue weighted by atomic mass is 9.93. The van der Waals surface area contributed by atoms with Crippen molar-refractivity contribution in [3.8, 4) is 22.6 Å². The summed E-state index contributed by atoms with van der Waals surface area (Å²) in [4.78, 5) is 23.1. The summed E-state index contributed by atoms with van der Waals surface area (Å²) >= 11 is 0. The zero-order valence-electron chi connectivity index (χ0n) is 17.3. The van der Waals surface area contributed by atoms with Gasteiger partial charge in [-0.1, -0.05) is 35.4 Å². The van der Waals surface area contributed by atoms with Crippen molar-refractivity contribution in [1.29, 1.82) is 0 Å². The molecule has 0 fully saturated rings. The number of carboxylic acid groups (broad SMARTS) is 2. The SMILES string of the molecule is CC(C)=CCC/C(C)=C/Cc1c(O)cc(-c2cccc(C(=O)O)c2)c(C(=O)O)c1O. The fourth-order valence-corrected chi connectivity index (χ4v) is 3.13. The summed E-state index contributed by atoms with van der Waals surface area (Å²) in [6, 6.07) is 6.94. The first-order valence-corrected chi connectivity index (χ1v) is 9.55. The van der Waals surface area contributed by atoms with Crippen molar-refractivity contribution in [3.63, 3.8) is 0 Å². The monoisotopic (exact) mass is 410 g/mol. The number of allylic oxidation sites excluding steroid dienone is 4. The molecule has 0 aliphatic rings. The maximum Gasteiger partial charge on any atom is 0.340 e. The molecule has 0 spiro atoms. The van der Waals surface area contributed by atoms with E-state index in [4.69, 9.17) is 0 Å². The summed E-state index contributed by atoms with van der Waals surface area (Å²) in [7, 11) is 0. The summed E-state index contributed by atoms with van der Waals surface area (Å²) < 4.78 is 0. The van der Waals surface area contributed by atoms with Crippen molar-refractivity contribution in [1.82, 2.24) is 0 Å². The van der Waals surface area contributed by atoms with Gasteiger partial charge in [-0.15, -0.1) is 0 Å². The van der Waals surface area contributed by atoms with Crippen LogP contribution in [0.3, 0.4) is 0 Å². The van der Waals surface area contributed by atoms with E-state index in [1.807, 2.05) is 26.8 Å². The van der Waals surface area contributed by atoms with Crippen LogP contribution in [0.15, 0.2) is 53.6 Å². The fraction of sp³-hybridized carbons (Fsp3) is 0.250. The van der Waals surface area contributed by atoms with Crippen molar-refractivity contribution < 1.29 is 30.0 Å². The van der Waals surface area contributed by atoms with E-state index in [1.165, 1.54) is 35.9 Å². The third-order valence-electron chi connectivity index (χ3n) is 4.76. The van der Waals surface area contributed by atoms with Crippen molar-refractivity contribution in [3.05, 3.63) is 70.3 Å². The predicted octanol–water partition coefficient (Wildman–Crippen LogP) is 5.40. The van der Waals surface area contributed by atoms with Crippen molar-refractivity contribution >= 4 is 11.9 Å². The molecule has 0 aliphatic carbocycles. The quantitative estimate of drug-likeness (QED) is 0.433. The maximum atomic E-state index is 11.9. The summed E-state index contributed by atoms with van der Waals surface area (Å²) in [6.45, 7) is 5.99. The van der Waals surface area contributed by atoms with Crippen molar-refractivity contribution in [2.45, 2.75) is 40.0 Å². The average Bonchev–Trinajstić information content (AvgIpc) is 2.66. The molecule has 0 saturated heterocycles. The van der Waals surface area contributed by atoms with Crippen LogP contribution in [0.1, 0.15) is 59.9 Å². The first kappa shape index (κ1) is 22.7. The molecule has 6 heteroatoms. The first-order chi connectivity index (χ1) is 14.1. The molecule has 0 aliphatic heterocycles. The first-order valence-electron chi connectivity index (χ1n) is 9.55. The van der Waals surface area contributed by atoms with E-state index in [0.717, 1.165) is 18.4 Å². The molecule has 0 bridgehead atoms. The van der Waals surface area contributed by atoms with E-state index in [9.17, 15) is 30.0 Å². The van der Waals surface area contributed by atoms with Crippen LogP contribution in [-0.4, -0.2) is 32.4 Å². The van der Waals surface area contributed by atoms with Crippen LogP contribution in [-0.2, 0) is 6.42 Å². The third-order valence-corrected chi connectivity index (χ3v) is 4.76. The van der Waals surface area contributed by atoms with Crippen LogP contribution in [0.4, 0.5) is 0 Å². The predicted molar refractivity (Wildman–Crippen MR) is 115 cm³/mol. The standard InChI is InChI=1S/C24H26O6/c1-14(2)6-4-7-15(3)10-11-18-20(25)13-19(21(22(18)26)24(29)30)16-8-5-9-17(12-16)23(27)28/h5-6,8-10,12-13,25-26H,4,7,11H2,1-3H3,(H,27,28)(H,29,30)/b15-10+. The van der Waals surface area contributed by atoms with E-state index in [1.54, 1.807) is 0 Å². The second kappa shape index (κ2) is 9.78. The highest BCUT2D eigenvalue weighted by atomic mass is 16.4. The van der Waals surface area contributed by atoms with E-state index >= 15 is 0 Å². The molecule has 158 valence electrons. The molecule has 2 aromatic rings. The molecule has 2 rings (SSSR count). The molecule has 0 unspecified atom stereocenters. The molecule has 0 heterocycles. The Morgan fingerprint density at radius 3 is 2.27 bits per heavy atom. The topological polar surface area (TPSA) is 115 Å². The Morgan fingerprint density at radius 2 is 1.67 bits per heavy atom. The van der Waals surface area contributed by atoms with E-state index in [-0.39, 0.29) is 40.0 Å².